The van der Waals surface area contributed by atoms with Crippen LogP contribution in [0.3, 0.4) is 0 Å². The molecule has 0 bridgehead atoms. The summed E-state index contributed by atoms with van der Waals surface area (Å²) >= 11 is 0. The fourth-order valence-corrected chi connectivity index (χ4v) is 2.26. The number of anilines is 1. The van der Waals surface area contributed by atoms with Crippen molar-refractivity contribution in [2.24, 2.45) is 0 Å². The number of carbonyl (C=O) groups excluding carboxylic acids is 2. The van der Waals surface area contributed by atoms with Crippen molar-refractivity contribution in [1.29, 1.82) is 0 Å². The standard InChI is InChI=1S/C13H14N2O4/c1-13(2)12(17)15(6-11(16)14-13)8-3-4-9-10(5-8)19-7-18-9/h3-5H,6-7H2,1-2H3,(H,14,16). The van der Waals surface area contributed by atoms with Crippen LogP contribution < -0.4 is 19.7 Å². The van der Waals surface area contributed by atoms with Gasteiger partial charge in [0.2, 0.25) is 12.7 Å². The first-order valence-electron chi connectivity index (χ1n) is 6.00. The average molecular weight is 262 g/mol. The summed E-state index contributed by atoms with van der Waals surface area (Å²) in [5.74, 6) is 0.916. The van der Waals surface area contributed by atoms with E-state index in [1.54, 1.807) is 32.0 Å². The van der Waals surface area contributed by atoms with Crippen LogP contribution in [0.4, 0.5) is 5.69 Å². The van der Waals surface area contributed by atoms with E-state index >= 15 is 0 Å². The van der Waals surface area contributed by atoms with Gasteiger partial charge in [-0.25, -0.2) is 0 Å². The number of nitrogens with zero attached hydrogens (tertiary/aromatic N) is 1. The summed E-state index contributed by atoms with van der Waals surface area (Å²) in [6.45, 7) is 3.57. The maximum absolute atomic E-state index is 12.3. The Bertz CT molecular complexity index is 568. The van der Waals surface area contributed by atoms with Crippen LogP contribution >= 0.6 is 0 Å². The molecule has 0 aromatic heterocycles. The van der Waals surface area contributed by atoms with Crippen LogP contribution in [0.5, 0.6) is 11.5 Å². The number of hydrogen-bond acceptors (Lipinski definition) is 4. The zero-order valence-corrected chi connectivity index (χ0v) is 10.7. The SMILES string of the molecule is CC1(C)NC(=O)CN(c2ccc3c(c2)OCO3)C1=O. The molecule has 1 aromatic carbocycles. The zero-order valence-electron chi connectivity index (χ0n) is 10.7. The molecule has 100 valence electrons. The highest BCUT2D eigenvalue weighted by atomic mass is 16.7. The van der Waals surface area contributed by atoms with Gasteiger partial charge in [-0.15, -0.1) is 0 Å². The normalized spacial score (nSPS) is 20.4. The molecule has 0 aliphatic carbocycles. The maximum atomic E-state index is 12.3. The Labute approximate surface area is 110 Å². The molecular formula is C13H14N2O4. The molecule has 2 amide bonds. The number of carbonyl (C=O) groups is 2. The fraction of sp³-hybridized carbons (Fsp3) is 0.385. The lowest BCUT2D eigenvalue weighted by atomic mass is 10.00. The summed E-state index contributed by atoms with van der Waals surface area (Å²) in [4.78, 5) is 25.5. The first-order valence-corrected chi connectivity index (χ1v) is 6.00. The van der Waals surface area contributed by atoms with Gasteiger partial charge in [-0.2, -0.15) is 0 Å². The highest BCUT2D eigenvalue weighted by Gasteiger charge is 2.40. The number of fused-ring (bicyclic) bond motifs is 1. The van der Waals surface area contributed by atoms with E-state index in [9.17, 15) is 9.59 Å². The number of piperazine rings is 1. The van der Waals surface area contributed by atoms with Gasteiger partial charge in [0.05, 0.1) is 0 Å². The second kappa shape index (κ2) is 3.88. The van der Waals surface area contributed by atoms with Gasteiger partial charge in [-0.1, -0.05) is 0 Å². The van der Waals surface area contributed by atoms with E-state index in [1.165, 1.54) is 4.90 Å². The van der Waals surface area contributed by atoms with E-state index in [0.717, 1.165) is 0 Å². The second-order valence-electron chi connectivity index (χ2n) is 5.10. The molecule has 1 saturated heterocycles. The zero-order chi connectivity index (χ0) is 13.6. The Morgan fingerprint density at radius 2 is 1.95 bits per heavy atom. The van der Waals surface area contributed by atoms with Crippen LogP contribution in [0.2, 0.25) is 0 Å². The van der Waals surface area contributed by atoms with E-state index < -0.39 is 5.54 Å². The minimum atomic E-state index is -0.897. The number of hydrogen-bond donors (Lipinski definition) is 1. The summed E-state index contributed by atoms with van der Waals surface area (Å²) in [5.41, 5.74) is -0.261. The predicted octanol–water partition coefficient (Wildman–Crippen LogP) is 0.657. The van der Waals surface area contributed by atoms with Crippen molar-refractivity contribution >= 4 is 17.5 Å². The molecule has 0 unspecified atom stereocenters. The lowest BCUT2D eigenvalue weighted by Gasteiger charge is -2.37. The predicted molar refractivity (Wildman–Crippen MR) is 67.1 cm³/mol. The minimum Gasteiger partial charge on any atom is -0.454 e. The number of benzene rings is 1. The molecule has 19 heavy (non-hydrogen) atoms. The smallest absolute Gasteiger partial charge is 0.252 e. The average Bonchev–Trinajstić information content (AvgIpc) is 2.80. The maximum Gasteiger partial charge on any atom is 0.252 e. The molecule has 2 aliphatic heterocycles. The highest BCUT2D eigenvalue weighted by Crippen LogP contribution is 2.36. The van der Waals surface area contributed by atoms with Crippen LogP contribution in [0.25, 0.3) is 0 Å². The molecule has 3 rings (SSSR count). The third kappa shape index (κ3) is 1.89. The third-order valence-electron chi connectivity index (χ3n) is 3.20. The number of nitrogens with one attached hydrogen (secondary N) is 1. The van der Waals surface area contributed by atoms with Crippen molar-refractivity contribution in [2.75, 3.05) is 18.2 Å². The third-order valence-corrected chi connectivity index (χ3v) is 3.20. The Balaban J connectivity index is 1.97. The Morgan fingerprint density at radius 3 is 2.74 bits per heavy atom. The van der Waals surface area contributed by atoms with E-state index in [0.29, 0.717) is 17.2 Å². The van der Waals surface area contributed by atoms with Crippen molar-refractivity contribution < 1.29 is 19.1 Å². The molecule has 6 heteroatoms. The molecule has 1 fully saturated rings. The second-order valence-corrected chi connectivity index (χ2v) is 5.10. The first kappa shape index (κ1) is 11.8. The van der Waals surface area contributed by atoms with Crippen molar-refractivity contribution in [3.63, 3.8) is 0 Å². The van der Waals surface area contributed by atoms with Crippen LogP contribution in [-0.4, -0.2) is 30.7 Å². The van der Waals surface area contributed by atoms with Crippen LogP contribution in [0.15, 0.2) is 18.2 Å². The van der Waals surface area contributed by atoms with Crippen molar-refractivity contribution in [3.8, 4) is 11.5 Å². The first-order chi connectivity index (χ1) is 8.97. The summed E-state index contributed by atoms with van der Waals surface area (Å²) in [6.07, 6.45) is 0. The molecule has 2 aliphatic rings. The topological polar surface area (TPSA) is 67.9 Å². The summed E-state index contributed by atoms with van der Waals surface area (Å²) in [7, 11) is 0. The lowest BCUT2D eigenvalue weighted by Crippen LogP contribution is -2.64. The van der Waals surface area contributed by atoms with Crippen LogP contribution in [0.1, 0.15) is 13.8 Å². The van der Waals surface area contributed by atoms with Crippen molar-refractivity contribution in [2.45, 2.75) is 19.4 Å². The molecule has 0 saturated carbocycles. The summed E-state index contributed by atoms with van der Waals surface area (Å²) < 4.78 is 10.5. The lowest BCUT2D eigenvalue weighted by molar-refractivity contribution is -0.134. The molecule has 0 spiro atoms. The largest absolute Gasteiger partial charge is 0.454 e. The highest BCUT2D eigenvalue weighted by molar-refractivity contribution is 6.08. The van der Waals surface area contributed by atoms with Gasteiger partial charge < -0.3 is 19.7 Å². The Hall–Kier alpha value is -2.24. The molecule has 0 atom stereocenters. The summed E-state index contributed by atoms with van der Waals surface area (Å²) in [6, 6.07) is 5.21. The monoisotopic (exact) mass is 262 g/mol. The minimum absolute atomic E-state index is 0.0158. The fourth-order valence-electron chi connectivity index (χ4n) is 2.26. The molecule has 1 N–H and O–H groups in total. The van der Waals surface area contributed by atoms with E-state index in [1.807, 2.05) is 0 Å². The summed E-state index contributed by atoms with van der Waals surface area (Å²) in [5, 5.41) is 2.67. The molecule has 0 radical (unpaired) electrons. The van der Waals surface area contributed by atoms with Crippen molar-refractivity contribution in [1.82, 2.24) is 5.32 Å². The van der Waals surface area contributed by atoms with Gasteiger partial charge >= 0.3 is 0 Å². The Kier molecular flexibility index (Phi) is 2.41. The number of rotatable bonds is 1. The quantitative estimate of drug-likeness (QED) is 0.807. The van der Waals surface area contributed by atoms with E-state index in [2.05, 4.69) is 5.32 Å². The van der Waals surface area contributed by atoms with Gasteiger partial charge in [-0.05, 0) is 26.0 Å². The molecule has 6 nitrogen and oxygen atoms in total. The Morgan fingerprint density at radius 1 is 1.21 bits per heavy atom. The van der Waals surface area contributed by atoms with Crippen LogP contribution in [-0.2, 0) is 9.59 Å². The van der Waals surface area contributed by atoms with Gasteiger partial charge in [0.1, 0.15) is 12.1 Å². The van der Waals surface area contributed by atoms with Gasteiger partial charge in [0, 0.05) is 11.8 Å². The van der Waals surface area contributed by atoms with E-state index in [4.69, 9.17) is 9.47 Å². The van der Waals surface area contributed by atoms with Gasteiger partial charge in [-0.3, -0.25) is 9.59 Å². The molecular weight excluding hydrogens is 248 g/mol. The number of ether oxygens (including phenoxy) is 2. The van der Waals surface area contributed by atoms with Gasteiger partial charge in [0.15, 0.2) is 11.5 Å². The van der Waals surface area contributed by atoms with E-state index in [-0.39, 0.29) is 25.2 Å². The number of amides is 2. The molecule has 2 heterocycles. The molecule has 1 aromatic rings. The van der Waals surface area contributed by atoms with Gasteiger partial charge in [0.25, 0.3) is 5.91 Å². The van der Waals surface area contributed by atoms with Crippen LogP contribution in [0, 0.1) is 0 Å². The van der Waals surface area contributed by atoms with Crippen molar-refractivity contribution in [3.05, 3.63) is 18.2 Å².